The molecule has 0 bridgehead atoms. The second-order valence-corrected chi connectivity index (χ2v) is 7.95. The highest BCUT2D eigenvalue weighted by atomic mass is 16.7. The van der Waals surface area contributed by atoms with E-state index in [-0.39, 0.29) is 0 Å². The number of rotatable bonds is 9. The molecule has 2 fully saturated rings. The number of amides is 1. The molecule has 2 aliphatic rings. The fraction of sp³-hybridized carbons (Fsp3) is 0.889. The zero-order chi connectivity index (χ0) is 25.0. The van der Waals surface area contributed by atoms with Gasteiger partial charge in [0.2, 0.25) is 5.91 Å². The summed E-state index contributed by atoms with van der Waals surface area (Å²) < 4.78 is 22.0. The van der Waals surface area contributed by atoms with Gasteiger partial charge < -0.3 is 65.7 Å². The number of nitrogens with two attached hydrogens (primary N) is 1. The van der Waals surface area contributed by atoms with Gasteiger partial charge in [-0.05, 0) is 6.92 Å². The third-order valence-electron chi connectivity index (χ3n) is 5.50. The van der Waals surface area contributed by atoms with Crippen molar-refractivity contribution >= 4 is 11.9 Å². The van der Waals surface area contributed by atoms with E-state index in [9.17, 15) is 40.2 Å². The van der Waals surface area contributed by atoms with Crippen LogP contribution in [0.1, 0.15) is 13.8 Å². The highest BCUT2D eigenvalue weighted by Crippen LogP contribution is 2.30. The summed E-state index contributed by atoms with van der Waals surface area (Å²) in [5.41, 5.74) is 5.55. The second-order valence-electron chi connectivity index (χ2n) is 7.95. The van der Waals surface area contributed by atoms with E-state index in [1.165, 1.54) is 6.92 Å². The average molecular weight is 484 g/mol. The molecule has 0 spiro atoms. The van der Waals surface area contributed by atoms with Crippen molar-refractivity contribution in [1.29, 1.82) is 0 Å². The molecule has 0 saturated carbocycles. The molecule has 2 aliphatic heterocycles. The summed E-state index contributed by atoms with van der Waals surface area (Å²) in [5, 5.41) is 71.4. The number of carboxylic acids is 1. The number of aliphatic hydroxyl groups excluding tert-OH is 6. The minimum absolute atomic E-state index is 0.621. The van der Waals surface area contributed by atoms with Crippen LogP contribution >= 0.6 is 0 Å². The number of carboxylic acid groups (broad SMARTS) is 1. The molecule has 6 unspecified atom stereocenters. The zero-order valence-electron chi connectivity index (χ0n) is 18.0. The molecule has 0 aliphatic carbocycles. The Balaban J connectivity index is 2.32. The third-order valence-corrected chi connectivity index (χ3v) is 5.50. The average Bonchev–Trinajstić information content (AvgIpc) is 2.76. The van der Waals surface area contributed by atoms with E-state index < -0.39 is 98.6 Å². The van der Waals surface area contributed by atoms with Gasteiger partial charge in [-0.15, -0.1) is 0 Å². The van der Waals surface area contributed by atoms with Crippen molar-refractivity contribution in [2.24, 2.45) is 5.73 Å². The molecule has 15 nitrogen and oxygen atoms in total. The largest absolute Gasteiger partial charge is 0.480 e. The summed E-state index contributed by atoms with van der Waals surface area (Å²) in [4.78, 5) is 23.0. The Morgan fingerprint density at radius 1 is 0.970 bits per heavy atom. The van der Waals surface area contributed by atoms with Gasteiger partial charge in [0, 0.05) is 6.92 Å². The van der Waals surface area contributed by atoms with E-state index in [1.54, 1.807) is 0 Å². The molecule has 15 heteroatoms. The van der Waals surface area contributed by atoms with Crippen molar-refractivity contribution in [2.75, 3.05) is 13.2 Å². The molecule has 10 N–H and O–H groups in total. The summed E-state index contributed by atoms with van der Waals surface area (Å²) >= 11 is 0. The number of nitrogens with one attached hydrogen (secondary N) is 1. The van der Waals surface area contributed by atoms with E-state index >= 15 is 0 Å². The quantitative estimate of drug-likeness (QED) is 0.148. The number of carbonyl (C=O) groups is 2. The van der Waals surface area contributed by atoms with Crippen LogP contribution in [0.3, 0.4) is 0 Å². The van der Waals surface area contributed by atoms with Crippen molar-refractivity contribution in [3.05, 3.63) is 0 Å². The van der Waals surface area contributed by atoms with Crippen molar-refractivity contribution in [2.45, 2.75) is 87.3 Å². The lowest BCUT2D eigenvalue weighted by atomic mass is 9.95. The van der Waals surface area contributed by atoms with Gasteiger partial charge in [0.1, 0.15) is 54.8 Å². The first kappa shape index (κ1) is 27.7. The molecule has 1 amide bonds. The maximum Gasteiger partial charge on any atom is 0.323 e. The molecule has 192 valence electrons. The summed E-state index contributed by atoms with van der Waals surface area (Å²) in [6.45, 7) is 1.01. The molecule has 2 rings (SSSR count). The standard InChI is InChI=1S/C18H32N2O13/c1-5(9(19)16(28)29)30-17-10(20-6(2)23)15(12(25)8(4-22)31-17)33-18-14(27)13(26)11(24)7(3-21)32-18/h5,7-15,17-18,21-22,24-27H,3-4,19H2,1-2H3,(H,20,23)(H,28,29)/t5-,7?,8?,9+,10?,11+,12+,13?,14?,15?,17+,18+/m1/s1. The van der Waals surface area contributed by atoms with Crippen LogP contribution in [0.15, 0.2) is 0 Å². The summed E-state index contributed by atoms with van der Waals surface area (Å²) in [6, 6.07) is -2.80. The lowest BCUT2D eigenvalue weighted by molar-refractivity contribution is -0.347. The molecule has 0 aromatic rings. The fourth-order valence-electron chi connectivity index (χ4n) is 3.57. The second kappa shape index (κ2) is 11.8. The van der Waals surface area contributed by atoms with Crippen molar-refractivity contribution < 1.29 is 64.3 Å². The van der Waals surface area contributed by atoms with Crippen LogP contribution in [0.4, 0.5) is 0 Å². The predicted octanol–water partition coefficient (Wildman–Crippen LogP) is -5.43. The Bertz CT molecular complexity index is 667. The van der Waals surface area contributed by atoms with E-state index in [0.29, 0.717) is 0 Å². The Labute approximate surface area is 188 Å². The van der Waals surface area contributed by atoms with Gasteiger partial charge in [0.05, 0.1) is 19.3 Å². The number of aliphatic carboxylic acids is 1. The van der Waals surface area contributed by atoms with Gasteiger partial charge in [0.25, 0.3) is 0 Å². The van der Waals surface area contributed by atoms with Gasteiger partial charge in [-0.3, -0.25) is 9.59 Å². The molecule has 0 aromatic carbocycles. The lowest BCUT2D eigenvalue weighted by Gasteiger charge is -2.47. The molecule has 0 aromatic heterocycles. The van der Waals surface area contributed by atoms with Crippen molar-refractivity contribution in [3.63, 3.8) is 0 Å². The van der Waals surface area contributed by atoms with Crippen LogP contribution in [-0.4, -0.2) is 134 Å². The van der Waals surface area contributed by atoms with Crippen LogP contribution in [-0.2, 0) is 28.5 Å². The summed E-state index contributed by atoms with van der Waals surface area (Å²) in [7, 11) is 0. The van der Waals surface area contributed by atoms with Crippen LogP contribution < -0.4 is 11.1 Å². The Hall–Kier alpha value is -1.50. The van der Waals surface area contributed by atoms with Crippen LogP contribution in [0, 0.1) is 0 Å². The Morgan fingerprint density at radius 3 is 2.03 bits per heavy atom. The van der Waals surface area contributed by atoms with Crippen molar-refractivity contribution in [3.8, 4) is 0 Å². The number of hydrogen-bond acceptors (Lipinski definition) is 13. The van der Waals surface area contributed by atoms with Gasteiger partial charge in [-0.2, -0.15) is 0 Å². The lowest BCUT2D eigenvalue weighted by Crippen LogP contribution is -2.68. The molecular formula is C18H32N2O13. The van der Waals surface area contributed by atoms with Gasteiger partial charge in [-0.1, -0.05) is 0 Å². The summed E-state index contributed by atoms with van der Waals surface area (Å²) in [6.07, 6.45) is -15.3. The van der Waals surface area contributed by atoms with Crippen molar-refractivity contribution in [1.82, 2.24) is 5.32 Å². The molecular weight excluding hydrogens is 452 g/mol. The number of ether oxygens (including phenoxy) is 4. The first-order valence-electron chi connectivity index (χ1n) is 10.2. The highest BCUT2D eigenvalue weighted by Gasteiger charge is 2.52. The molecule has 33 heavy (non-hydrogen) atoms. The Kier molecular flexibility index (Phi) is 9.89. The maximum absolute atomic E-state index is 11.8. The third kappa shape index (κ3) is 6.34. The van der Waals surface area contributed by atoms with E-state index in [0.717, 1.165) is 6.92 Å². The first-order valence-corrected chi connectivity index (χ1v) is 10.2. The predicted molar refractivity (Wildman–Crippen MR) is 104 cm³/mol. The molecule has 2 heterocycles. The number of carbonyl (C=O) groups excluding carboxylic acids is 1. The monoisotopic (exact) mass is 484 g/mol. The van der Waals surface area contributed by atoms with E-state index in [1.807, 2.05) is 0 Å². The zero-order valence-corrected chi connectivity index (χ0v) is 18.0. The summed E-state index contributed by atoms with van der Waals surface area (Å²) in [5.74, 6) is -1.99. The van der Waals surface area contributed by atoms with Crippen LogP contribution in [0.2, 0.25) is 0 Å². The number of aliphatic hydroxyl groups is 6. The normalized spacial score (nSPS) is 41.2. The fourth-order valence-corrected chi connectivity index (χ4v) is 3.57. The number of hydrogen-bond donors (Lipinski definition) is 9. The van der Waals surface area contributed by atoms with Gasteiger partial charge in [-0.25, -0.2) is 0 Å². The van der Waals surface area contributed by atoms with Crippen LogP contribution in [0.5, 0.6) is 0 Å². The smallest absolute Gasteiger partial charge is 0.323 e. The highest BCUT2D eigenvalue weighted by molar-refractivity contribution is 5.74. The van der Waals surface area contributed by atoms with Crippen LogP contribution in [0.25, 0.3) is 0 Å². The van der Waals surface area contributed by atoms with Gasteiger partial charge >= 0.3 is 5.97 Å². The van der Waals surface area contributed by atoms with E-state index in [2.05, 4.69) is 5.32 Å². The molecule has 0 radical (unpaired) electrons. The minimum Gasteiger partial charge on any atom is -0.480 e. The minimum atomic E-state index is -1.82. The van der Waals surface area contributed by atoms with Gasteiger partial charge in [0.15, 0.2) is 12.6 Å². The maximum atomic E-state index is 11.8. The SMILES string of the molecule is CC(=O)NC1C(O[C@@H]2OC(CO)[C@H](O)C(O)C2O)[C@@H](O)C(CO)O[C@@H]1O[C@H](C)[C@H](N)C(=O)O. The topological polar surface area (TPSA) is 251 Å². The first-order chi connectivity index (χ1) is 15.4. The molecule has 12 atom stereocenters. The molecule has 2 saturated heterocycles. The van der Waals surface area contributed by atoms with E-state index in [4.69, 9.17) is 29.8 Å². The Morgan fingerprint density at radius 2 is 1.52 bits per heavy atom.